The molecule has 0 spiro atoms. The van der Waals surface area contributed by atoms with Crippen LogP contribution in [0.3, 0.4) is 0 Å². The Hall–Kier alpha value is -3.13. The standard InChI is InChI=1S/C24H26FN3O/c1-17(20-9-8-19-4-2-3-5-21(19)14-20)28-24(29)22(15-26)16-27-13-12-18-6-10-23(25)11-7-18/h6-11,14,16-17,27H,2-5,12-13H2,1H3,(H,28,29)/b22-16-. The summed E-state index contributed by atoms with van der Waals surface area (Å²) in [7, 11) is 0. The Morgan fingerprint density at radius 2 is 1.90 bits per heavy atom. The van der Waals surface area contributed by atoms with E-state index in [1.54, 1.807) is 12.1 Å². The zero-order valence-corrected chi connectivity index (χ0v) is 16.7. The Bertz CT molecular complexity index is 928. The average Bonchev–Trinajstić information content (AvgIpc) is 2.74. The molecule has 5 heteroatoms. The van der Waals surface area contributed by atoms with Gasteiger partial charge in [0, 0.05) is 12.7 Å². The monoisotopic (exact) mass is 391 g/mol. The highest BCUT2D eigenvalue weighted by atomic mass is 19.1. The van der Waals surface area contributed by atoms with E-state index in [0.29, 0.717) is 13.0 Å². The Balaban J connectivity index is 1.54. The largest absolute Gasteiger partial charge is 0.389 e. The number of benzene rings is 2. The Morgan fingerprint density at radius 1 is 1.17 bits per heavy atom. The van der Waals surface area contributed by atoms with E-state index in [1.807, 2.05) is 13.0 Å². The molecule has 1 aliphatic carbocycles. The van der Waals surface area contributed by atoms with E-state index in [1.165, 1.54) is 42.3 Å². The van der Waals surface area contributed by atoms with E-state index < -0.39 is 5.91 Å². The number of nitrogens with zero attached hydrogens (tertiary/aromatic N) is 1. The second-order valence-electron chi connectivity index (χ2n) is 7.43. The molecule has 150 valence electrons. The number of nitriles is 1. The van der Waals surface area contributed by atoms with Crippen LogP contribution in [0.4, 0.5) is 4.39 Å². The molecule has 0 aromatic heterocycles. The molecule has 0 bridgehead atoms. The molecular formula is C24H26FN3O. The number of amides is 1. The van der Waals surface area contributed by atoms with Gasteiger partial charge in [-0.1, -0.05) is 30.3 Å². The van der Waals surface area contributed by atoms with Crippen LogP contribution in [-0.2, 0) is 24.1 Å². The van der Waals surface area contributed by atoms with Gasteiger partial charge in [0.1, 0.15) is 17.5 Å². The zero-order valence-electron chi connectivity index (χ0n) is 16.7. The van der Waals surface area contributed by atoms with Gasteiger partial charge in [-0.3, -0.25) is 4.79 Å². The molecule has 2 aromatic carbocycles. The van der Waals surface area contributed by atoms with Crippen LogP contribution in [-0.4, -0.2) is 12.5 Å². The highest BCUT2D eigenvalue weighted by Gasteiger charge is 2.16. The summed E-state index contributed by atoms with van der Waals surface area (Å²) in [5.41, 5.74) is 4.85. The predicted octanol–water partition coefficient (Wildman–Crippen LogP) is 4.12. The fraction of sp³-hybridized carbons (Fsp3) is 0.333. The number of rotatable bonds is 7. The predicted molar refractivity (Wildman–Crippen MR) is 111 cm³/mol. The van der Waals surface area contributed by atoms with Crippen LogP contribution in [0.1, 0.15) is 48.1 Å². The highest BCUT2D eigenvalue weighted by molar-refractivity contribution is 5.97. The first kappa shape index (κ1) is 20.6. The third-order valence-electron chi connectivity index (χ3n) is 5.30. The Labute approximate surface area is 171 Å². The van der Waals surface area contributed by atoms with Crippen LogP contribution in [0.25, 0.3) is 0 Å². The first-order chi connectivity index (χ1) is 14.1. The third-order valence-corrected chi connectivity index (χ3v) is 5.30. The van der Waals surface area contributed by atoms with Crippen molar-refractivity contribution in [3.05, 3.63) is 82.3 Å². The summed E-state index contributed by atoms with van der Waals surface area (Å²) in [5.74, 6) is -0.662. The Kier molecular flexibility index (Phi) is 7.02. The molecule has 1 amide bonds. The SMILES string of the molecule is CC(NC(=O)/C(C#N)=C\NCCc1ccc(F)cc1)c1ccc2c(c1)CCCC2. The van der Waals surface area contributed by atoms with Crippen LogP contribution in [0.5, 0.6) is 0 Å². The number of carbonyl (C=O) groups excluding carboxylic acids is 1. The number of fused-ring (bicyclic) bond motifs is 1. The van der Waals surface area contributed by atoms with Crippen LogP contribution < -0.4 is 10.6 Å². The van der Waals surface area contributed by atoms with Gasteiger partial charge in [-0.2, -0.15) is 5.26 Å². The summed E-state index contributed by atoms with van der Waals surface area (Å²) in [5, 5.41) is 15.2. The number of aryl methyl sites for hydroxylation is 2. The first-order valence-corrected chi connectivity index (χ1v) is 10.1. The summed E-state index contributed by atoms with van der Waals surface area (Å²) >= 11 is 0. The number of halogens is 1. The molecule has 0 radical (unpaired) electrons. The van der Waals surface area contributed by atoms with Crippen LogP contribution >= 0.6 is 0 Å². The van der Waals surface area contributed by atoms with Crippen molar-refractivity contribution in [1.82, 2.24) is 10.6 Å². The lowest BCUT2D eigenvalue weighted by Gasteiger charge is -2.20. The lowest BCUT2D eigenvalue weighted by Crippen LogP contribution is -2.29. The summed E-state index contributed by atoms with van der Waals surface area (Å²) in [6.07, 6.45) is 6.78. The van der Waals surface area contributed by atoms with Gasteiger partial charge in [-0.25, -0.2) is 4.39 Å². The fourth-order valence-corrected chi connectivity index (χ4v) is 3.57. The molecule has 2 N–H and O–H groups in total. The van der Waals surface area contributed by atoms with E-state index >= 15 is 0 Å². The van der Waals surface area contributed by atoms with Gasteiger partial charge in [0.15, 0.2) is 0 Å². The molecule has 2 aromatic rings. The number of hydrogen-bond donors (Lipinski definition) is 2. The van der Waals surface area contributed by atoms with Crippen molar-refractivity contribution in [3.8, 4) is 6.07 Å². The molecule has 0 heterocycles. The van der Waals surface area contributed by atoms with Gasteiger partial charge in [-0.15, -0.1) is 0 Å². The molecular weight excluding hydrogens is 365 g/mol. The van der Waals surface area contributed by atoms with Crippen LogP contribution in [0.2, 0.25) is 0 Å². The second-order valence-corrected chi connectivity index (χ2v) is 7.43. The van der Waals surface area contributed by atoms with Gasteiger partial charge in [0.2, 0.25) is 0 Å². The molecule has 3 rings (SSSR count). The van der Waals surface area contributed by atoms with E-state index in [0.717, 1.165) is 24.0 Å². The minimum atomic E-state index is -0.396. The van der Waals surface area contributed by atoms with Gasteiger partial charge in [-0.05, 0) is 73.4 Å². The maximum absolute atomic E-state index is 12.9. The minimum absolute atomic E-state index is 0.0360. The number of carbonyl (C=O) groups is 1. The van der Waals surface area contributed by atoms with E-state index in [9.17, 15) is 14.4 Å². The Morgan fingerprint density at radius 3 is 2.62 bits per heavy atom. The maximum Gasteiger partial charge on any atom is 0.263 e. The van der Waals surface area contributed by atoms with Crippen molar-refractivity contribution in [2.75, 3.05) is 6.54 Å². The highest BCUT2D eigenvalue weighted by Crippen LogP contribution is 2.24. The molecule has 29 heavy (non-hydrogen) atoms. The van der Waals surface area contributed by atoms with Crippen LogP contribution in [0, 0.1) is 17.1 Å². The van der Waals surface area contributed by atoms with E-state index in [4.69, 9.17) is 0 Å². The molecule has 0 aliphatic heterocycles. The molecule has 0 saturated heterocycles. The smallest absolute Gasteiger partial charge is 0.263 e. The second kappa shape index (κ2) is 9.88. The van der Waals surface area contributed by atoms with E-state index in [2.05, 4.69) is 28.8 Å². The zero-order chi connectivity index (χ0) is 20.6. The number of hydrogen-bond acceptors (Lipinski definition) is 3. The summed E-state index contributed by atoms with van der Waals surface area (Å²) in [6, 6.07) is 14.5. The molecule has 1 atom stereocenters. The van der Waals surface area contributed by atoms with Crippen molar-refractivity contribution in [3.63, 3.8) is 0 Å². The van der Waals surface area contributed by atoms with Gasteiger partial charge < -0.3 is 10.6 Å². The third kappa shape index (κ3) is 5.68. The summed E-state index contributed by atoms with van der Waals surface area (Å²) in [4.78, 5) is 12.5. The van der Waals surface area contributed by atoms with Crippen molar-refractivity contribution in [2.45, 2.75) is 45.1 Å². The summed E-state index contributed by atoms with van der Waals surface area (Å²) in [6.45, 7) is 2.48. The molecule has 0 fully saturated rings. The van der Waals surface area contributed by atoms with Crippen LogP contribution in [0.15, 0.2) is 54.2 Å². The lowest BCUT2D eigenvalue weighted by molar-refractivity contribution is -0.117. The number of nitrogens with one attached hydrogen (secondary N) is 2. The summed E-state index contributed by atoms with van der Waals surface area (Å²) < 4.78 is 12.9. The molecule has 0 saturated carbocycles. The molecule has 1 unspecified atom stereocenters. The van der Waals surface area contributed by atoms with Crippen molar-refractivity contribution in [1.29, 1.82) is 5.26 Å². The maximum atomic E-state index is 12.9. The van der Waals surface area contributed by atoms with Gasteiger partial charge >= 0.3 is 0 Å². The quantitative estimate of drug-likeness (QED) is 0.424. The first-order valence-electron chi connectivity index (χ1n) is 10.1. The minimum Gasteiger partial charge on any atom is -0.389 e. The van der Waals surface area contributed by atoms with Crippen molar-refractivity contribution >= 4 is 5.91 Å². The van der Waals surface area contributed by atoms with Gasteiger partial charge in [0.25, 0.3) is 5.91 Å². The van der Waals surface area contributed by atoms with Crippen molar-refractivity contribution < 1.29 is 9.18 Å². The average molecular weight is 391 g/mol. The van der Waals surface area contributed by atoms with Gasteiger partial charge in [0.05, 0.1) is 6.04 Å². The van der Waals surface area contributed by atoms with E-state index in [-0.39, 0.29) is 17.4 Å². The lowest BCUT2D eigenvalue weighted by atomic mass is 9.89. The normalized spacial score (nSPS) is 14.4. The van der Waals surface area contributed by atoms with Crippen molar-refractivity contribution in [2.24, 2.45) is 0 Å². The fourth-order valence-electron chi connectivity index (χ4n) is 3.57. The molecule has 4 nitrogen and oxygen atoms in total. The molecule has 1 aliphatic rings. The topological polar surface area (TPSA) is 64.9 Å².